The molecule has 1 atom stereocenters. The van der Waals surface area contributed by atoms with E-state index in [9.17, 15) is 8.78 Å². The van der Waals surface area contributed by atoms with E-state index in [0.29, 0.717) is 18.8 Å². The van der Waals surface area contributed by atoms with Gasteiger partial charge in [0, 0.05) is 12.8 Å². The molecule has 0 bridgehead atoms. The van der Waals surface area contributed by atoms with E-state index >= 15 is 0 Å². The number of halogens is 2. The summed E-state index contributed by atoms with van der Waals surface area (Å²) >= 11 is 0. The molecule has 0 heterocycles. The van der Waals surface area contributed by atoms with Crippen molar-refractivity contribution in [3.8, 4) is 0 Å². The molecule has 0 aromatic rings. The quantitative estimate of drug-likeness (QED) is 0.687. The highest BCUT2D eigenvalue weighted by Crippen LogP contribution is 2.37. The molecule has 0 aliphatic heterocycles. The van der Waals surface area contributed by atoms with Crippen LogP contribution in [0.15, 0.2) is 0 Å². The van der Waals surface area contributed by atoms with Crippen LogP contribution in [-0.4, -0.2) is 19.0 Å². The lowest BCUT2D eigenvalue weighted by molar-refractivity contribution is -0.0464. The minimum Gasteiger partial charge on any atom is -0.316 e. The summed E-state index contributed by atoms with van der Waals surface area (Å²) in [5.41, 5.74) is 0. The molecule has 1 nitrogen and oxygen atoms in total. The lowest BCUT2D eigenvalue weighted by Gasteiger charge is -2.28. The standard InChI is InChI=1S/C13H25F2N/c1-3-11(2)10-16-9-6-12-4-7-13(14,15)8-5-12/h11-12,16H,3-10H2,1-2H3. The largest absolute Gasteiger partial charge is 0.316 e. The molecule has 0 aromatic carbocycles. The molecular weight excluding hydrogens is 208 g/mol. The topological polar surface area (TPSA) is 12.0 Å². The molecule has 1 aliphatic rings. The van der Waals surface area contributed by atoms with E-state index in [4.69, 9.17) is 0 Å². The van der Waals surface area contributed by atoms with Gasteiger partial charge in [-0.1, -0.05) is 20.3 Å². The molecule has 0 aromatic heterocycles. The van der Waals surface area contributed by atoms with Crippen LogP contribution in [-0.2, 0) is 0 Å². The van der Waals surface area contributed by atoms with E-state index in [1.165, 1.54) is 6.42 Å². The van der Waals surface area contributed by atoms with E-state index in [1.807, 2.05) is 0 Å². The second-order valence-electron chi connectivity index (χ2n) is 5.31. The Morgan fingerprint density at radius 1 is 1.31 bits per heavy atom. The number of hydrogen-bond acceptors (Lipinski definition) is 1. The van der Waals surface area contributed by atoms with Crippen LogP contribution in [0.2, 0.25) is 0 Å². The summed E-state index contributed by atoms with van der Waals surface area (Å²) in [5, 5.41) is 3.42. The third kappa shape index (κ3) is 5.24. The first-order valence-electron chi connectivity index (χ1n) is 6.62. The van der Waals surface area contributed by atoms with Crippen LogP contribution < -0.4 is 5.32 Å². The van der Waals surface area contributed by atoms with Gasteiger partial charge in [0.1, 0.15) is 0 Å². The second kappa shape index (κ2) is 6.53. The van der Waals surface area contributed by atoms with Crippen LogP contribution in [0.3, 0.4) is 0 Å². The molecule has 3 heteroatoms. The van der Waals surface area contributed by atoms with Crippen molar-refractivity contribution in [2.24, 2.45) is 11.8 Å². The normalized spacial score (nSPS) is 23.2. The molecule has 96 valence electrons. The smallest absolute Gasteiger partial charge is 0.248 e. The maximum Gasteiger partial charge on any atom is 0.248 e. The van der Waals surface area contributed by atoms with Crippen molar-refractivity contribution in [3.05, 3.63) is 0 Å². The molecule has 1 fully saturated rings. The Morgan fingerprint density at radius 3 is 2.50 bits per heavy atom. The minimum absolute atomic E-state index is 0.100. The van der Waals surface area contributed by atoms with Gasteiger partial charge >= 0.3 is 0 Å². The zero-order chi connectivity index (χ0) is 12.0. The predicted molar refractivity (Wildman–Crippen MR) is 63.8 cm³/mol. The van der Waals surface area contributed by atoms with Crippen molar-refractivity contribution in [1.29, 1.82) is 0 Å². The van der Waals surface area contributed by atoms with E-state index in [-0.39, 0.29) is 12.8 Å². The van der Waals surface area contributed by atoms with Crippen LogP contribution in [0.4, 0.5) is 8.78 Å². The summed E-state index contributed by atoms with van der Waals surface area (Å²) in [6, 6.07) is 0. The summed E-state index contributed by atoms with van der Waals surface area (Å²) in [6.45, 7) is 6.46. The molecular formula is C13H25F2N. The number of hydrogen-bond donors (Lipinski definition) is 1. The van der Waals surface area contributed by atoms with Gasteiger partial charge in [0.05, 0.1) is 0 Å². The number of rotatable bonds is 6. The maximum atomic E-state index is 12.9. The molecule has 1 N–H and O–H groups in total. The van der Waals surface area contributed by atoms with E-state index in [0.717, 1.165) is 25.4 Å². The molecule has 1 aliphatic carbocycles. The van der Waals surface area contributed by atoms with Crippen molar-refractivity contribution in [2.75, 3.05) is 13.1 Å². The average Bonchev–Trinajstić information content (AvgIpc) is 2.26. The summed E-state index contributed by atoms with van der Waals surface area (Å²) in [7, 11) is 0. The van der Waals surface area contributed by atoms with Gasteiger partial charge in [-0.25, -0.2) is 8.78 Å². The SMILES string of the molecule is CCC(C)CNCCC1CCC(F)(F)CC1. The molecule has 1 rings (SSSR count). The fourth-order valence-corrected chi connectivity index (χ4v) is 2.19. The fraction of sp³-hybridized carbons (Fsp3) is 1.00. The zero-order valence-electron chi connectivity index (χ0n) is 10.6. The number of alkyl halides is 2. The van der Waals surface area contributed by atoms with E-state index < -0.39 is 5.92 Å². The van der Waals surface area contributed by atoms with Crippen LogP contribution in [0.25, 0.3) is 0 Å². The van der Waals surface area contributed by atoms with Crippen molar-refractivity contribution < 1.29 is 8.78 Å². The summed E-state index contributed by atoms with van der Waals surface area (Å²) < 4.78 is 25.8. The molecule has 0 saturated heterocycles. The van der Waals surface area contributed by atoms with Gasteiger partial charge in [-0.15, -0.1) is 0 Å². The maximum absolute atomic E-state index is 12.9. The Kier molecular flexibility index (Phi) is 5.67. The zero-order valence-corrected chi connectivity index (χ0v) is 10.6. The Hall–Kier alpha value is -0.180. The summed E-state index contributed by atoms with van der Waals surface area (Å²) in [6.07, 6.45) is 3.87. The third-order valence-electron chi connectivity index (χ3n) is 3.76. The molecule has 0 radical (unpaired) electrons. The average molecular weight is 233 g/mol. The third-order valence-corrected chi connectivity index (χ3v) is 3.76. The highest BCUT2D eigenvalue weighted by molar-refractivity contribution is 4.77. The molecule has 0 spiro atoms. The van der Waals surface area contributed by atoms with Gasteiger partial charge in [0.25, 0.3) is 0 Å². The lowest BCUT2D eigenvalue weighted by atomic mass is 9.85. The highest BCUT2D eigenvalue weighted by atomic mass is 19.3. The van der Waals surface area contributed by atoms with Crippen LogP contribution in [0, 0.1) is 11.8 Å². The molecule has 1 unspecified atom stereocenters. The second-order valence-corrected chi connectivity index (χ2v) is 5.31. The summed E-state index contributed by atoms with van der Waals surface area (Å²) in [4.78, 5) is 0. The van der Waals surface area contributed by atoms with Gasteiger partial charge in [-0.2, -0.15) is 0 Å². The van der Waals surface area contributed by atoms with Crippen LogP contribution in [0.5, 0.6) is 0 Å². The van der Waals surface area contributed by atoms with E-state index in [1.54, 1.807) is 0 Å². The summed E-state index contributed by atoms with van der Waals surface area (Å²) in [5.74, 6) is -1.14. The lowest BCUT2D eigenvalue weighted by Crippen LogP contribution is -2.28. The first kappa shape index (κ1) is 13.9. The van der Waals surface area contributed by atoms with Crippen LogP contribution in [0.1, 0.15) is 52.4 Å². The van der Waals surface area contributed by atoms with Crippen molar-refractivity contribution in [2.45, 2.75) is 58.3 Å². The molecule has 16 heavy (non-hydrogen) atoms. The Balaban J connectivity index is 2.02. The predicted octanol–water partition coefficient (Wildman–Crippen LogP) is 3.84. The van der Waals surface area contributed by atoms with Gasteiger partial charge in [-0.3, -0.25) is 0 Å². The van der Waals surface area contributed by atoms with Crippen molar-refractivity contribution in [1.82, 2.24) is 5.32 Å². The fourth-order valence-electron chi connectivity index (χ4n) is 2.19. The minimum atomic E-state index is -2.37. The van der Waals surface area contributed by atoms with Gasteiger partial charge in [-0.05, 0) is 44.2 Å². The Morgan fingerprint density at radius 2 is 1.94 bits per heavy atom. The first-order chi connectivity index (χ1) is 7.53. The Labute approximate surface area is 98.0 Å². The first-order valence-corrected chi connectivity index (χ1v) is 6.62. The van der Waals surface area contributed by atoms with Crippen molar-refractivity contribution in [3.63, 3.8) is 0 Å². The molecule has 0 amide bonds. The molecule has 1 saturated carbocycles. The Bertz CT molecular complexity index is 184. The van der Waals surface area contributed by atoms with Crippen LogP contribution >= 0.6 is 0 Å². The van der Waals surface area contributed by atoms with E-state index in [2.05, 4.69) is 19.2 Å². The van der Waals surface area contributed by atoms with Gasteiger partial charge in [0.15, 0.2) is 0 Å². The monoisotopic (exact) mass is 233 g/mol. The number of nitrogens with one attached hydrogen (secondary N) is 1. The highest BCUT2D eigenvalue weighted by Gasteiger charge is 2.34. The van der Waals surface area contributed by atoms with Crippen molar-refractivity contribution >= 4 is 0 Å². The van der Waals surface area contributed by atoms with Gasteiger partial charge in [0.2, 0.25) is 5.92 Å². The van der Waals surface area contributed by atoms with Gasteiger partial charge < -0.3 is 5.32 Å².